The molecule has 3 heterocycles. The van der Waals surface area contributed by atoms with Gasteiger partial charge in [-0.1, -0.05) is 80.6 Å². The quantitative estimate of drug-likeness (QED) is 0.153. The fourth-order valence-corrected chi connectivity index (χ4v) is 10.3. The number of fused-ring (bicyclic) bond motifs is 1. The fourth-order valence-electron chi connectivity index (χ4n) is 6.55. The van der Waals surface area contributed by atoms with E-state index in [1.54, 1.807) is 29.7 Å². The molecule has 1 amide bonds. The van der Waals surface area contributed by atoms with E-state index in [-0.39, 0.29) is 23.6 Å². The number of carbonyl (C=O) groups is 1. The number of aromatic nitrogens is 6. The van der Waals surface area contributed by atoms with Gasteiger partial charge in [-0.25, -0.2) is 13.8 Å². The summed E-state index contributed by atoms with van der Waals surface area (Å²) in [7, 11) is -3.37. The van der Waals surface area contributed by atoms with E-state index in [9.17, 15) is 18.4 Å². The van der Waals surface area contributed by atoms with Crippen LogP contribution in [-0.4, -0.2) is 48.6 Å². The van der Waals surface area contributed by atoms with Crippen LogP contribution in [0, 0.1) is 18.6 Å². The third kappa shape index (κ3) is 6.78. The number of hydrogen-bond acceptors (Lipinski definition) is 7. The molecule has 0 saturated carbocycles. The highest BCUT2D eigenvalue weighted by Crippen LogP contribution is 2.42. The predicted octanol–water partition coefficient (Wildman–Crippen LogP) is 5.46. The van der Waals surface area contributed by atoms with Crippen molar-refractivity contribution >= 4 is 30.2 Å². The lowest BCUT2D eigenvalue weighted by atomic mass is 9.90. The van der Waals surface area contributed by atoms with Gasteiger partial charge in [0, 0.05) is 6.20 Å². The van der Waals surface area contributed by atoms with Gasteiger partial charge >= 0.3 is 0 Å². The molecule has 0 fully saturated rings. The summed E-state index contributed by atoms with van der Waals surface area (Å²) in [5, 5.41) is 17.5. The number of aryl methyl sites for hydroxylation is 2. The Hall–Kier alpha value is -5.27. The highest BCUT2D eigenvalue weighted by Gasteiger charge is 2.51. The van der Waals surface area contributed by atoms with Gasteiger partial charge < -0.3 is 14.8 Å². The third-order valence-electron chi connectivity index (χ3n) is 9.67. The van der Waals surface area contributed by atoms with Crippen molar-refractivity contribution in [1.29, 1.82) is 0 Å². The smallest absolute Gasteiger partial charge is 0.271 e. The van der Waals surface area contributed by atoms with Crippen LogP contribution >= 0.6 is 0 Å². The largest absolute Gasteiger partial charge is 0.485 e. The Bertz CT molecular complexity index is 2100. The lowest BCUT2D eigenvalue weighted by Crippen LogP contribution is -2.65. The van der Waals surface area contributed by atoms with Gasteiger partial charge in [0.2, 0.25) is 0 Å². The molecule has 6 rings (SSSR count). The highest BCUT2D eigenvalue weighted by atomic mass is 28.4. The number of imidazole rings is 1. The lowest BCUT2D eigenvalue weighted by molar-refractivity contribution is 0.0884. The van der Waals surface area contributed by atoms with Crippen LogP contribution in [0.2, 0.25) is 5.04 Å². The Kier molecular flexibility index (Phi) is 9.87. The van der Waals surface area contributed by atoms with Crippen LogP contribution in [0.1, 0.15) is 68.1 Å². The second-order valence-corrected chi connectivity index (χ2v) is 17.4. The number of benzene rings is 3. The van der Waals surface area contributed by atoms with Crippen molar-refractivity contribution in [1.82, 2.24) is 34.9 Å². The Morgan fingerprint density at radius 1 is 0.902 bits per heavy atom. The van der Waals surface area contributed by atoms with E-state index in [1.165, 1.54) is 23.0 Å². The molecule has 3 aromatic carbocycles. The van der Waals surface area contributed by atoms with Crippen LogP contribution in [-0.2, 0) is 18.7 Å². The molecule has 0 aliphatic carbocycles. The number of halogens is 2. The van der Waals surface area contributed by atoms with Gasteiger partial charge in [-0.3, -0.25) is 9.20 Å². The molecule has 13 heteroatoms. The van der Waals surface area contributed by atoms with Gasteiger partial charge in [0.25, 0.3) is 14.2 Å². The van der Waals surface area contributed by atoms with Crippen LogP contribution in [0.5, 0.6) is 5.75 Å². The van der Waals surface area contributed by atoms with Crippen molar-refractivity contribution in [2.75, 3.05) is 0 Å². The third-order valence-corrected chi connectivity index (χ3v) is 14.2. The molecule has 1 unspecified atom stereocenters. The number of rotatable bonds is 13. The SMILES string of the molecule is CCn1nnc(C(C)(CCC(C)(C)[Si](O)(c2ccccc2)c2ccccc2)NC(=O)c2c(C)nc3c(OCc4c(F)cccc4F)cccn23)n1. The van der Waals surface area contributed by atoms with Crippen molar-refractivity contribution < 1.29 is 23.1 Å². The molecule has 2 N–H and O–H groups in total. The van der Waals surface area contributed by atoms with Crippen LogP contribution < -0.4 is 20.4 Å². The van der Waals surface area contributed by atoms with Gasteiger partial charge in [0.1, 0.15) is 29.5 Å². The van der Waals surface area contributed by atoms with E-state index >= 15 is 0 Å². The molecule has 0 saturated heterocycles. The Morgan fingerprint density at radius 2 is 1.53 bits per heavy atom. The number of carbonyl (C=O) groups excluding carboxylic acids is 1. The standard InChI is InChI=1S/C38H41F2N7O3Si/c1-6-47-44-36(43-45-47)38(5,23-22-37(3,4)51(49,27-15-9-7-10-16-27)28-17-11-8-12-18-28)42-35(48)33-26(2)41-34-32(21-14-24-46(33)34)50-25-29-30(39)19-13-20-31(29)40/h7-21,24,49H,6,22-23,25H2,1-5H3,(H,42,48). The molecule has 0 bridgehead atoms. The van der Waals surface area contributed by atoms with Crippen LogP contribution in [0.25, 0.3) is 5.65 Å². The Balaban J connectivity index is 1.32. The van der Waals surface area contributed by atoms with E-state index in [0.717, 1.165) is 10.4 Å². The number of amides is 1. The zero-order valence-corrected chi connectivity index (χ0v) is 30.3. The topological polar surface area (TPSA) is 119 Å². The molecule has 1 atom stereocenters. The predicted molar refractivity (Wildman–Crippen MR) is 192 cm³/mol. The summed E-state index contributed by atoms with van der Waals surface area (Å²) in [6, 6.07) is 26.5. The molecular formula is C38H41F2N7O3Si. The second kappa shape index (κ2) is 14.2. The van der Waals surface area contributed by atoms with E-state index in [2.05, 4.69) is 39.6 Å². The maximum Gasteiger partial charge on any atom is 0.271 e. The number of tetrazole rings is 1. The lowest BCUT2D eigenvalue weighted by Gasteiger charge is -2.43. The molecule has 0 aliphatic rings. The average molecular weight is 710 g/mol. The van der Waals surface area contributed by atoms with E-state index in [1.807, 2.05) is 74.5 Å². The van der Waals surface area contributed by atoms with Gasteiger partial charge in [-0.05, 0) is 78.5 Å². The first kappa shape index (κ1) is 35.5. The maximum atomic E-state index is 14.3. The van der Waals surface area contributed by atoms with Gasteiger partial charge in [-0.2, -0.15) is 4.80 Å². The number of nitrogens with zero attached hydrogens (tertiary/aromatic N) is 6. The molecule has 3 aromatic heterocycles. The zero-order chi connectivity index (χ0) is 36.4. The summed E-state index contributed by atoms with van der Waals surface area (Å²) in [5.74, 6) is -1.28. The number of pyridine rings is 1. The van der Waals surface area contributed by atoms with E-state index < -0.39 is 36.4 Å². The minimum atomic E-state index is -3.37. The summed E-state index contributed by atoms with van der Waals surface area (Å²) >= 11 is 0. The normalized spacial score (nSPS) is 13.3. The number of hydrogen-bond donors (Lipinski definition) is 2. The van der Waals surface area contributed by atoms with Crippen molar-refractivity contribution in [2.24, 2.45) is 0 Å². The first-order chi connectivity index (χ1) is 24.4. The molecule has 0 aliphatic heterocycles. The Labute approximate surface area is 296 Å². The number of nitrogens with one attached hydrogen (secondary N) is 1. The van der Waals surface area contributed by atoms with Crippen LogP contribution in [0.4, 0.5) is 8.78 Å². The average Bonchev–Trinajstić information content (AvgIpc) is 3.76. The monoisotopic (exact) mass is 709 g/mol. The molecule has 264 valence electrons. The Morgan fingerprint density at radius 3 is 2.12 bits per heavy atom. The first-order valence-corrected chi connectivity index (χ1v) is 18.8. The minimum absolute atomic E-state index is 0.207. The van der Waals surface area contributed by atoms with Crippen molar-refractivity contribution in [3.63, 3.8) is 0 Å². The van der Waals surface area contributed by atoms with Gasteiger partial charge in [-0.15, -0.1) is 10.2 Å². The summed E-state index contributed by atoms with van der Waals surface area (Å²) in [6.07, 6.45) is 2.54. The summed E-state index contributed by atoms with van der Waals surface area (Å²) < 4.78 is 36.1. The highest BCUT2D eigenvalue weighted by molar-refractivity contribution is 6.98. The van der Waals surface area contributed by atoms with Crippen molar-refractivity contribution in [2.45, 2.75) is 71.2 Å². The van der Waals surface area contributed by atoms with E-state index in [4.69, 9.17) is 4.74 Å². The van der Waals surface area contributed by atoms with Crippen molar-refractivity contribution in [3.8, 4) is 5.75 Å². The maximum absolute atomic E-state index is 14.3. The molecule has 10 nitrogen and oxygen atoms in total. The van der Waals surface area contributed by atoms with Gasteiger partial charge in [0.05, 0.1) is 17.8 Å². The first-order valence-electron chi connectivity index (χ1n) is 16.9. The summed E-state index contributed by atoms with van der Waals surface area (Å²) in [6.45, 7) is 9.74. The molecule has 51 heavy (non-hydrogen) atoms. The number of ether oxygens (including phenoxy) is 1. The molecule has 0 spiro atoms. The molecular weight excluding hydrogens is 669 g/mol. The van der Waals surface area contributed by atoms with Gasteiger partial charge in [0.15, 0.2) is 17.2 Å². The molecule has 0 radical (unpaired) electrons. The van der Waals surface area contributed by atoms with Crippen LogP contribution in [0.15, 0.2) is 97.2 Å². The van der Waals surface area contributed by atoms with Crippen LogP contribution in [0.3, 0.4) is 0 Å². The summed E-state index contributed by atoms with van der Waals surface area (Å²) in [5.41, 5.74) is -0.334. The second-order valence-electron chi connectivity index (χ2n) is 13.5. The van der Waals surface area contributed by atoms with Crippen molar-refractivity contribution in [3.05, 3.63) is 132 Å². The minimum Gasteiger partial charge on any atom is -0.485 e. The fraction of sp³-hybridized carbons (Fsp3) is 0.289. The summed E-state index contributed by atoms with van der Waals surface area (Å²) in [4.78, 5) is 33.2. The van der Waals surface area contributed by atoms with E-state index in [0.29, 0.717) is 36.6 Å². The zero-order valence-electron chi connectivity index (χ0n) is 29.3. The molecule has 6 aromatic rings.